The number of fused-ring (bicyclic) bond motifs is 1. The standard InChI is InChI=1S/C16H21N7O/c1-10-5-13-15(17-3-4-23(13)21-10)18-8-12-6-11(7-14(12)24)16-20-19-9-22(16)2/h3-5,9,11-12,14,24H,6-8H2,1-2H3,(H,17,18)/t11-,12+,14+/m0/s1. The molecule has 126 valence electrons. The molecule has 8 heteroatoms. The quantitative estimate of drug-likeness (QED) is 0.746. The Kier molecular flexibility index (Phi) is 3.68. The molecule has 0 radical (unpaired) electrons. The first-order chi connectivity index (χ1) is 11.6. The number of aliphatic hydroxyl groups is 1. The Morgan fingerprint density at radius 2 is 2.25 bits per heavy atom. The van der Waals surface area contributed by atoms with E-state index in [4.69, 9.17) is 0 Å². The van der Waals surface area contributed by atoms with E-state index in [0.717, 1.165) is 35.7 Å². The average molecular weight is 327 g/mol. The second kappa shape index (κ2) is 5.86. The molecule has 0 spiro atoms. The second-order valence-corrected chi connectivity index (χ2v) is 6.57. The summed E-state index contributed by atoms with van der Waals surface area (Å²) in [5.41, 5.74) is 1.90. The van der Waals surface area contributed by atoms with Crippen LogP contribution in [0.5, 0.6) is 0 Å². The topological polar surface area (TPSA) is 93.2 Å². The molecule has 3 atom stereocenters. The van der Waals surface area contributed by atoms with Crippen LogP contribution in [0.25, 0.3) is 5.52 Å². The lowest BCUT2D eigenvalue weighted by Gasteiger charge is -2.15. The van der Waals surface area contributed by atoms with Crippen molar-refractivity contribution < 1.29 is 5.11 Å². The molecule has 1 saturated carbocycles. The molecule has 24 heavy (non-hydrogen) atoms. The van der Waals surface area contributed by atoms with Gasteiger partial charge < -0.3 is 15.0 Å². The summed E-state index contributed by atoms with van der Waals surface area (Å²) in [6, 6.07) is 2.00. The summed E-state index contributed by atoms with van der Waals surface area (Å²) in [5, 5.41) is 26.3. The van der Waals surface area contributed by atoms with Crippen LogP contribution in [0.4, 0.5) is 5.82 Å². The lowest BCUT2D eigenvalue weighted by Crippen LogP contribution is -2.22. The number of aryl methyl sites for hydroxylation is 2. The molecule has 1 aliphatic carbocycles. The molecule has 8 nitrogen and oxygen atoms in total. The molecule has 2 N–H and O–H groups in total. The zero-order valence-electron chi connectivity index (χ0n) is 13.8. The van der Waals surface area contributed by atoms with Gasteiger partial charge in [-0.1, -0.05) is 0 Å². The third-order valence-corrected chi connectivity index (χ3v) is 4.81. The normalized spacial score (nSPS) is 23.9. The van der Waals surface area contributed by atoms with Gasteiger partial charge in [0, 0.05) is 37.8 Å². The van der Waals surface area contributed by atoms with E-state index in [2.05, 4.69) is 25.6 Å². The lowest BCUT2D eigenvalue weighted by atomic mass is 10.0. The molecule has 0 unspecified atom stereocenters. The Morgan fingerprint density at radius 3 is 3.04 bits per heavy atom. The van der Waals surface area contributed by atoms with Gasteiger partial charge in [0.15, 0.2) is 5.82 Å². The molecule has 3 heterocycles. The van der Waals surface area contributed by atoms with Crippen LogP contribution >= 0.6 is 0 Å². The second-order valence-electron chi connectivity index (χ2n) is 6.57. The number of anilines is 1. The van der Waals surface area contributed by atoms with Gasteiger partial charge in [0.05, 0.1) is 11.8 Å². The average Bonchev–Trinajstić information content (AvgIpc) is 3.23. The molecular weight excluding hydrogens is 306 g/mol. The number of hydrogen-bond donors (Lipinski definition) is 2. The van der Waals surface area contributed by atoms with Crippen molar-refractivity contribution in [3.05, 3.63) is 36.3 Å². The van der Waals surface area contributed by atoms with Gasteiger partial charge in [-0.3, -0.25) is 0 Å². The van der Waals surface area contributed by atoms with Crippen LogP contribution < -0.4 is 5.32 Å². The van der Waals surface area contributed by atoms with Gasteiger partial charge in [-0.2, -0.15) is 5.10 Å². The van der Waals surface area contributed by atoms with Gasteiger partial charge >= 0.3 is 0 Å². The number of aromatic nitrogens is 6. The van der Waals surface area contributed by atoms with Gasteiger partial charge in [-0.25, -0.2) is 9.50 Å². The van der Waals surface area contributed by atoms with E-state index in [0.29, 0.717) is 6.54 Å². The van der Waals surface area contributed by atoms with E-state index in [1.807, 2.05) is 35.3 Å². The number of rotatable bonds is 4. The van der Waals surface area contributed by atoms with E-state index in [1.165, 1.54) is 0 Å². The first-order valence-electron chi connectivity index (χ1n) is 8.18. The smallest absolute Gasteiger partial charge is 0.152 e. The molecule has 0 bridgehead atoms. The van der Waals surface area contributed by atoms with Crippen molar-refractivity contribution >= 4 is 11.3 Å². The molecule has 0 aromatic carbocycles. The van der Waals surface area contributed by atoms with E-state index < -0.39 is 0 Å². The summed E-state index contributed by atoms with van der Waals surface area (Å²) in [5.74, 6) is 2.16. The number of aliphatic hydroxyl groups excluding tert-OH is 1. The van der Waals surface area contributed by atoms with E-state index in [9.17, 15) is 5.11 Å². The Bertz CT molecular complexity index is 855. The van der Waals surface area contributed by atoms with Crippen LogP contribution in [0.1, 0.15) is 30.3 Å². The minimum Gasteiger partial charge on any atom is -0.393 e. The summed E-state index contributed by atoms with van der Waals surface area (Å²) in [6.07, 6.45) is 6.55. The number of hydrogen-bond acceptors (Lipinski definition) is 6. The Morgan fingerprint density at radius 1 is 1.38 bits per heavy atom. The van der Waals surface area contributed by atoms with Gasteiger partial charge in [0.25, 0.3) is 0 Å². The van der Waals surface area contributed by atoms with Crippen molar-refractivity contribution in [2.24, 2.45) is 13.0 Å². The molecule has 3 aromatic rings. The predicted octanol–water partition coefficient (Wildman–Crippen LogP) is 1.13. The summed E-state index contributed by atoms with van der Waals surface area (Å²) >= 11 is 0. The van der Waals surface area contributed by atoms with Crippen molar-refractivity contribution in [1.29, 1.82) is 0 Å². The molecule has 0 saturated heterocycles. The van der Waals surface area contributed by atoms with Crippen molar-refractivity contribution in [2.75, 3.05) is 11.9 Å². The fraction of sp³-hybridized carbons (Fsp3) is 0.500. The van der Waals surface area contributed by atoms with Gasteiger partial charge in [0.2, 0.25) is 0 Å². The minimum atomic E-state index is -0.342. The minimum absolute atomic E-state index is 0.165. The van der Waals surface area contributed by atoms with E-state index in [1.54, 1.807) is 12.5 Å². The maximum atomic E-state index is 10.4. The summed E-state index contributed by atoms with van der Waals surface area (Å²) in [6.45, 7) is 2.63. The van der Waals surface area contributed by atoms with Crippen LogP contribution in [0, 0.1) is 12.8 Å². The van der Waals surface area contributed by atoms with Gasteiger partial charge in [-0.05, 0) is 25.8 Å². The van der Waals surface area contributed by atoms with Crippen molar-refractivity contribution in [3.8, 4) is 0 Å². The maximum absolute atomic E-state index is 10.4. The predicted molar refractivity (Wildman–Crippen MR) is 88.7 cm³/mol. The first kappa shape index (κ1) is 15.1. The third kappa shape index (κ3) is 2.62. The molecule has 0 aliphatic heterocycles. The molecule has 3 aromatic heterocycles. The highest BCUT2D eigenvalue weighted by atomic mass is 16.3. The fourth-order valence-electron chi connectivity index (χ4n) is 3.60. The highest BCUT2D eigenvalue weighted by Gasteiger charge is 2.35. The van der Waals surface area contributed by atoms with Crippen LogP contribution in [0.15, 0.2) is 24.8 Å². The number of nitrogens with one attached hydrogen (secondary N) is 1. The SMILES string of the molecule is Cc1cc2c(NC[C@H]3C[C@H](c4nncn4C)C[C@H]3O)nccn2n1. The largest absolute Gasteiger partial charge is 0.393 e. The summed E-state index contributed by atoms with van der Waals surface area (Å²) < 4.78 is 3.75. The molecule has 0 amide bonds. The summed E-state index contributed by atoms with van der Waals surface area (Å²) in [7, 11) is 1.94. The maximum Gasteiger partial charge on any atom is 0.152 e. The van der Waals surface area contributed by atoms with Crippen LogP contribution in [0.2, 0.25) is 0 Å². The molecule has 1 aliphatic rings. The van der Waals surface area contributed by atoms with Crippen molar-refractivity contribution in [3.63, 3.8) is 0 Å². The molecule has 4 rings (SSSR count). The Hall–Kier alpha value is -2.48. The zero-order valence-corrected chi connectivity index (χ0v) is 13.8. The van der Waals surface area contributed by atoms with Crippen LogP contribution in [-0.4, -0.2) is 47.1 Å². The van der Waals surface area contributed by atoms with Crippen molar-refractivity contribution in [2.45, 2.75) is 31.8 Å². The monoisotopic (exact) mass is 327 g/mol. The third-order valence-electron chi connectivity index (χ3n) is 4.81. The Labute approximate surface area is 139 Å². The van der Waals surface area contributed by atoms with E-state index >= 15 is 0 Å². The highest BCUT2D eigenvalue weighted by Crippen LogP contribution is 2.37. The van der Waals surface area contributed by atoms with E-state index in [-0.39, 0.29) is 17.9 Å². The van der Waals surface area contributed by atoms with Gasteiger partial charge in [-0.15, -0.1) is 10.2 Å². The number of nitrogens with zero attached hydrogens (tertiary/aromatic N) is 6. The molecule has 1 fully saturated rings. The zero-order chi connectivity index (χ0) is 16.7. The molecular formula is C16H21N7O. The van der Waals surface area contributed by atoms with Gasteiger partial charge in [0.1, 0.15) is 17.7 Å². The Balaban J connectivity index is 1.46. The van der Waals surface area contributed by atoms with Crippen LogP contribution in [-0.2, 0) is 7.05 Å². The summed E-state index contributed by atoms with van der Waals surface area (Å²) in [4.78, 5) is 4.41. The van der Waals surface area contributed by atoms with Crippen LogP contribution in [0.3, 0.4) is 0 Å². The lowest BCUT2D eigenvalue weighted by molar-refractivity contribution is 0.137. The fourth-order valence-corrected chi connectivity index (χ4v) is 3.60. The first-order valence-corrected chi connectivity index (χ1v) is 8.18. The highest BCUT2D eigenvalue weighted by molar-refractivity contribution is 5.67. The van der Waals surface area contributed by atoms with Crippen molar-refractivity contribution in [1.82, 2.24) is 29.4 Å².